The number of amides is 1. The lowest BCUT2D eigenvalue weighted by Gasteiger charge is -2.33. The average molecular weight is 318 g/mol. The van der Waals surface area contributed by atoms with Crippen molar-refractivity contribution in [3.8, 4) is 0 Å². The molecule has 0 bridgehead atoms. The van der Waals surface area contributed by atoms with Crippen molar-refractivity contribution >= 4 is 6.09 Å². The molecule has 1 atom stereocenters. The second-order valence-corrected chi connectivity index (χ2v) is 6.41. The van der Waals surface area contributed by atoms with E-state index < -0.39 is 6.09 Å². The lowest BCUT2D eigenvalue weighted by Crippen LogP contribution is -2.48. The predicted octanol–water partition coefficient (Wildman–Crippen LogP) is 1.73. The number of nitrogens with one attached hydrogen (secondary N) is 1. The molecule has 2 N–H and O–H groups in total. The van der Waals surface area contributed by atoms with Gasteiger partial charge in [-0.2, -0.15) is 0 Å². The number of carbonyl (C=O) groups is 1. The normalized spacial score (nSPS) is 21.9. The summed E-state index contributed by atoms with van der Waals surface area (Å²) in [5.41, 5.74) is 2.62. The van der Waals surface area contributed by atoms with E-state index in [1.165, 1.54) is 29.0 Å². The van der Waals surface area contributed by atoms with E-state index in [9.17, 15) is 4.79 Å². The molecule has 1 fully saturated rings. The molecule has 126 valence electrons. The smallest absolute Gasteiger partial charge is 0.407 e. The van der Waals surface area contributed by atoms with Gasteiger partial charge in [-0.1, -0.05) is 6.07 Å². The molecular weight excluding hydrogens is 292 g/mol. The predicted molar refractivity (Wildman–Crippen MR) is 88.6 cm³/mol. The van der Waals surface area contributed by atoms with Crippen molar-refractivity contribution < 1.29 is 9.90 Å². The fourth-order valence-electron chi connectivity index (χ4n) is 3.55. The maximum absolute atomic E-state index is 10.9. The van der Waals surface area contributed by atoms with E-state index in [0.717, 1.165) is 39.0 Å². The number of nitrogens with zero attached hydrogens (tertiary/aromatic N) is 3. The molecule has 3 rings (SSSR count). The number of hydrogen-bond acceptors (Lipinski definition) is 4. The zero-order valence-electron chi connectivity index (χ0n) is 13.6. The van der Waals surface area contributed by atoms with Gasteiger partial charge in [0, 0.05) is 38.4 Å². The third-order valence-electron chi connectivity index (χ3n) is 4.88. The van der Waals surface area contributed by atoms with Crippen LogP contribution in [0, 0.1) is 0 Å². The van der Waals surface area contributed by atoms with Crippen LogP contribution in [0.4, 0.5) is 4.79 Å². The Kier molecular flexibility index (Phi) is 5.46. The van der Waals surface area contributed by atoms with Crippen molar-refractivity contribution in [1.82, 2.24) is 20.1 Å². The second-order valence-electron chi connectivity index (χ2n) is 6.41. The van der Waals surface area contributed by atoms with Gasteiger partial charge in [-0.05, 0) is 50.4 Å². The molecule has 0 aromatic carbocycles. The van der Waals surface area contributed by atoms with Crippen LogP contribution < -0.4 is 5.32 Å². The molecule has 1 unspecified atom stereocenters. The highest BCUT2D eigenvalue weighted by atomic mass is 16.4. The van der Waals surface area contributed by atoms with Gasteiger partial charge in [0.15, 0.2) is 0 Å². The topological polar surface area (TPSA) is 68.7 Å². The van der Waals surface area contributed by atoms with Crippen molar-refractivity contribution in [2.45, 2.75) is 31.7 Å². The molecule has 1 aliphatic heterocycles. The van der Waals surface area contributed by atoms with Crippen LogP contribution in [0.1, 0.15) is 36.6 Å². The lowest BCUT2D eigenvalue weighted by molar-refractivity contribution is 0.105. The van der Waals surface area contributed by atoms with Gasteiger partial charge in [0.1, 0.15) is 0 Å². The monoisotopic (exact) mass is 318 g/mol. The van der Waals surface area contributed by atoms with Crippen molar-refractivity contribution in [3.63, 3.8) is 0 Å². The third kappa shape index (κ3) is 4.20. The molecule has 6 nitrogen and oxygen atoms in total. The van der Waals surface area contributed by atoms with Crippen LogP contribution in [0.15, 0.2) is 18.3 Å². The Morgan fingerprint density at radius 2 is 2.17 bits per heavy atom. The number of piperazine rings is 1. The van der Waals surface area contributed by atoms with Crippen LogP contribution in [0.3, 0.4) is 0 Å². The van der Waals surface area contributed by atoms with Gasteiger partial charge in [0.05, 0.1) is 5.69 Å². The molecule has 1 saturated heterocycles. The van der Waals surface area contributed by atoms with Gasteiger partial charge in [-0.15, -0.1) is 0 Å². The summed E-state index contributed by atoms with van der Waals surface area (Å²) >= 11 is 0. The minimum atomic E-state index is -0.796. The summed E-state index contributed by atoms with van der Waals surface area (Å²) in [5.74, 6) is 0. The van der Waals surface area contributed by atoms with Crippen molar-refractivity contribution in [2.75, 3.05) is 39.3 Å². The zero-order valence-corrected chi connectivity index (χ0v) is 13.6. The van der Waals surface area contributed by atoms with Crippen LogP contribution in [0.2, 0.25) is 0 Å². The summed E-state index contributed by atoms with van der Waals surface area (Å²) in [4.78, 5) is 19.3. The minimum absolute atomic E-state index is 0.392. The summed E-state index contributed by atoms with van der Waals surface area (Å²) in [6, 6.07) is 4.61. The quantitative estimate of drug-likeness (QED) is 0.809. The number of hydrogen-bond donors (Lipinski definition) is 2. The van der Waals surface area contributed by atoms with E-state index in [0.29, 0.717) is 19.1 Å². The minimum Gasteiger partial charge on any atom is -0.465 e. The van der Waals surface area contributed by atoms with Gasteiger partial charge in [-0.3, -0.25) is 9.88 Å². The molecule has 0 spiro atoms. The van der Waals surface area contributed by atoms with E-state index in [4.69, 9.17) is 5.11 Å². The Morgan fingerprint density at radius 1 is 1.35 bits per heavy atom. The molecule has 2 aliphatic rings. The average Bonchev–Trinajstić information content (AvgIpc) is 2.59. The van der Waals surface area contributed by atoms with Crippen LogP contribution in [0.25, 0.3) is 0 Å². The largest absolute Gasteiger partial charge is 0.465 e. The lowest BCUT2D eigenvalue weighted by atomic mass is 9.92. The van der Waals surface area contributed by atoms with Crippen molar-refractivity contribution in [1.29, 1.82) is 0 Å². The fraction of sp³-hybridized carbons (Fsp3) is 0.647. The number of aromatic nitrogens is 1. The molecule has 0 radical (unpaired) electrons. The van der Waals surface area contributed by atoms with Gasteiger partial charge in [0.2, 0.25) is 0 Å². The van der Waals surface area contributed by atoms with E-state index in [1.807, 2.05) is 12.3 Å². The van der Waals surface area contributed by atoms with Gasteiger partial charge in [0.25, 0.3) is 0 Å². The number of carboxylic acid groups (broad SMARTS) is 1. The van der Waals surface area contributed by atoms with Crippen LogP contribution in [-0.2, 0) is 6.42 Å². The first kappa shape index (κ1) is 16.2. The highest BCUT2D eigenvalue weighted by Gasteiger charge is 2.21. The first-order chi connectivity index (χ1) is 11.2. The first-order valence-electron chi connectivity index (χ1n) is 8.61. The Balaban J connectivity index is 1.37. The molecule has 0 saturated carbocycles. The Morgan fingerprint density at radius 3 is 2.96 bits per heavy atom. The summed E-state index contributed by atoms with van der Waals surface area (Å²) in [6.45, 7) is 4.97. The highest BCUT2D eigenvalue weighted by Crippen LogP contribution is 2.27. The highest BCUT2D eigenvalue weighted by molar-refractivity contribution is 5.65. The zero-order chi connectivity index (χ0) is 16.1. The fourth-order valence-corrected chi connectivity index (χ4v) is 3.55. The standard InChI is InChI=1S/C17H26N4O2/c22-17(23)21-12-10-20(11-13-21)9-3-8-18-15-6-1-4-14-5-2-7-19-16(14)15/h2,5,7,15,18H,1,3-4,6,8-13H2,(H,22,23). The van der Waals surface area contributed by atoms with Crippen molar-refractivity contribution in [2.24, 2.45) is 0 Å². The summed E-state index contributed by atoms with van der Waals surface area (Å²) < 4.78 is 0. The van der Waals surface area contributed by atoms with Crippen LogP contribution in [0.5, 0.6) is 0 Å². The van der Waals surface area contributed by atoms with Gasteiger partial charge in [-0.25, -0.2) is 4.79 Å². The Labute approximate surface area is 137 Å². The van der Waals surface area contributed by atoms with E-state index in [1.54, 1.807) is 0 Å². The van der Waals surface area contributed by atoms with E-state index >= 15 is 0 Å². The molecule has 23 heavy (non-hydrogen) atoms. The maximum atomic E-state index is 10.9. The summed E-state index contributed by atoms with van der Waals surface area (Å²) in [6.07, 6.45) is 5.73. The summed E-state index contributed by atoms with van der Waals surface area (Å²) in [5, 5.41) is 12.6. The second kappa shape index (κ2) is 7.75. The Hall–Kier alpha value is -1.66. The molecule has 1 aromatic rings. The summed E-state index contributed by atoms with van der Waals surface area (Å²) in [7, 11) is 0. The van der Waals surface area contributed by atoms with Crippen LogP contribution in [-0.4, -0.2) is 65.3 Å². The van der Waals surface area contributed by atoms with Gasteiger partial charge >= 0.3 is 6.09 Å². The Bertz CT molecular complexity index is 529. The third-order valence-corrected chi connectivity index (χ3v) is 4.88. The molecule has 1 aliphatic carbocycles. The van der Waals surface area contributed by atoms with Crippen molar-refractivity contribution in [3.05, 3.63) is 29.6 Å². The first-order valence-corrected chi connectivity index (χ1v) is 8.61. The number of fused-ring (bicyclic) bond motifs is 1. The van der Waals surface area contributed by atoms with E-state index in [-0.39, 0.29) is 0 Å². The van der Waals surface area contributed by atoms with Gasteiger partial charge < -0.3 is 15.3 Å². The number of rotatable bonds is 5. The molecule has 6 heteroatoms. The SMILES string of the molecule is O=C(O)N1CCN(CCCNC2CCCc3cccnc32)CC1. The molecule has 1 amide bonds. The molecule has 2 heterocycles. The molecule has 1 aromatic heterocycles. The number of pyridine rings is 1. The molecular formula is C17H26N4O2. The van der Waals surface area contributed by atoms with E-state index in [2.05, 4.69) is 21.3 Å². The maximum Gasteiger partial charge on any atom is 0.407 e. The number of aryl methyl sites for hydroxylation is 1. The van der Waals surface area contributed by atoms with Crippen LogP contribution >= 0.6 is 0 Å².